The Kier molecular flexibility index (Phi) is 4.00. The van der Waals surface area contributed by atoms with Crippen LogP contribution in [0.25, 0.3) is 11.0 Å². The second kappa shape index (κ2) is 6.47. The van der Waals surface area contributed by atoms with Crippen LogP contribution in [0, 0.1) is 0 Å². The molecule has 8 nitrogen and oxygen atoms in total. The van der Waals surface area contributed by atoms with Crippen LogP contribution in [-0.2, 0) is 6.54 Å². The van der Waals surface area contributed by atoms with Crippen molar-refractivity contribution < 1.29 is 19.3 Å². The number of hydrogen-bond donors (Lipinski definition) is 2. The summed E-state index contributed by atoms with van der Waals surface area (Å²) in [6, 6.07) is 7.29. The lowest BCUT2D eigenvalue weighted by molar-refractivity contribution is 0.329. The van der Waals surface area contributed by atoms with Crippen LogP contribution in [0.15, 0.2) is 36.4 Å². The van der Waals surface area contributed by atoms with E-state index in [0.29, 0.717) is 35.7 Å². The highest BCUT2D eigenvalue weighted by Gasteiger charge is 2.16. The van der Waals surface area contributed by atoms with Crippen LogP contribution in [0.2, 0.25) is 0 Å². The van der Waals surface area contributed by atoms with Gasteiger partial charge in [0.05, 0.1) is 19.0 Å². The van der Waals surface area contributed by atoms with Crippen molar-refractivity contribution >= 4 is 16.9 Å². The van der Waals surface area contributed by atoms with Crippen molar-refractivity contribution in [1.29, 1.82) is 0 Å². The molecule has 2 aromatic heterocycles. The molecular formula is C18H18N4O4. The number of rotatable bonds is 1. The highest BCUT2D eigenvalue weighted by atomic mass is 16.5. The molecule has 3 heterocycles. The summed E-state index contributed by atoms with van der Waals surface area (Å²) in [5, 5.41) is 10.9. The predicted octanol–water partition coefficient (Wildman–Crippen LogP) is 2.10. The Morgan fingerprint density at radius 2 is 1.92 bits per heavy atom. The number of anilines is 1. The highest BCUT2D eigenvalue weighted by molar-refractivity contribution is 5.88. The number of methoxy groups -OCH3 is 1. The van der Waals surface area contributed by atoms with Crippen LogP contribution < -0.4 is 19.9 Å². The lowest BCUT2D eigenvalue weighted by atomic mass is 10.2. The molecule has 0 aliphatic carbocycles. The number of hydrogen-bond acceptors (Lipinski definition) is 7. The number of aromatic hydroxyl groups is 1. The van der Waals surface area contributed by atoms with Crippen LogP contribution >= 0.6 is 0 Å². The third-order valence-corrected chi connectivity index (χ3v) is 4.08. The fourth-order valence-corrected chi connectivity index (χ4v) is 2.84. The monoisotopic (exact) mass is 354 g/mol. The Bertz CT molecular complexity index is 997. The molecule has 0 atom stereocenters. The van der Waals surface area contributed by atoms with E-state index in [1.54, 1.807) is 17.7 Å². The molecule has 1 aliphatic rings. The maximum Gasteiger partial charge on any atom is 0.320 e. The van der Waals surface area contributed by atoms with Gasteiger partial charge in [-0.1, -0.05) is 0 Å². The summed E-state index contributed by atoms with van der Waals surface area (Å²) < 4.78 is 18.3. The Morgan fingerprint density at radius 1 is 1.12 bits per heavy atom. The maximum atomic E-state index is 10.4. The van der Waals surface area contributed by atoms with E-state index in [4.69, 9.17) is 19.9 Å². The van der Waals surface area contributed by atoms with Crippen LogP contribution in [-0.4, -0.2) is 40.0 Å². The summed E-state index contributed by atoms with van der Waals surface area (Å²) in [4.78, 5) is 8.54. The summed E-state index contributed by atoms with van der Waals surface area (Å²) in [6.07, 6.45) is 3.66. The minimum absolute atomic E-state index is 0.0374. The number of nitrogen functional groups attached to an aromatic ring is 1. The number of nitrogens with zero attached hydrogens (tertiary/aromatic N) is 3. The molecule has 0 saturated carbocycles. The topological polar surface area (TPSA) is 105 Å². The fraction of sp³-hybridized carbons (Fsp3) is 0.222. The minimum Gasteiger partial charge on any atom is -0.497 e. The number of nitrogens with two attached hydrogens (primary N) is 1. The number of aromatic nitrogens is 3. The van der Waals surface area contributed by atoms with Gasteiger partial charge in [-0.05, 0) is 29.8 Å². The lowest BCUT2D eigenvalue weighted by Gasteiger charge is -2.12. The van der Waals surface area contributed by atoms with Gasteiger partial charge in [-0.25, -0.2) is 0 Å². The molecular weight excluding hydrogens is 336 g/mol. The molecule has 0 radical (unpaired) electrons. The minimum atomic E-state index is 0.0374. The average Bonchev–Trinajstić information content (AvgIpc) is 2.94. The smallest absolute Gasteiger partial charge is 0.320 e. The van der Waals surface area contributed by atoms with Crippen molar-refractivity contribution in [2.45, 2.75) is 6.54 Å². The van der Waals surface area contributed by atoms with Crippen LogP contribution in [0.1, 0.15) is 5.56 Å². The molecule has 26 heavy (non-hydrogen) atoms. The molecule has 0 saturated heterocycles. The molecule has 1 aliphatic heterocycles. The predicted molar refractivity (Wildman–Crippen MR) is 95.8 cm³/mol. The summed E-state index contributed by atoms with van der Waals surface area (Å²) >= 11 is 0. The second-order valence-corrected chi connectivity index (χ2v) is 5.83. The number of fused-ring (bicyclic) bond motifs is 3. The molecule has 3 N–H and O–H groups in total. The zero-order chi connectivity index (χ0) is 18.1. The van der Waals surface area contributed by atoms with Crippen molar-refractivity contribution in [1.82, 2.24) is 14.5 Å². The Balaban J connectivity index is 1.88. The van der Waals surface area contributed by atoms with Crippen molar-refractivity contribution in [3.63, 3.8) is 0 Å². The molecule has 4 rings (SSSR count). The van der Waals surface area contributed by atoms with Gasteiger partial charge < -0.3 is 25.1 Å². The largest absolute Gasteiger partial charge is 0.497 e. The first-order chi connectivity index (χ1) is 12.6. The van der Waals surface area contributed by atoms with E-state index in [-0.39, 0.29) is 24.3 Å². The van der Waals surface area contributed by atoms with Crippen LogP contribution in [0.3, 0.4) is 0 Å². The zero-order valence-corrected chi connectivity index (χ0v) is 14.2. The summed E-state index contributed by atoms with van der Waals surface area (Å²) in [5.41, 5.74) is 7.38. The van der Waals surface area contributed by atoms with Crippen molar-refractivity contribution in [3.05, 3.63) is 42.0 Å². The highest BCUT2D eigenvalue weighted by Crippen LogP contribution is 2.31. The summed E-state index contributed by atoms with van der Waals surface area (Å²) in [5.74, 6) is 1.63. The first kappa shape index (κ1) is 16.1. The van der Waals surface area contributed by atoms with Crippen molar-refractivity contribution in [2.24, 2.45) is 0 Å². The molecule has 0 fully saturated rings. The standard InChI is InChI=1S/C18H18N4O4/c1-24-12-6-11-7-13(8-12)25-4-2-3-5-26-18-20-16(19)14-9-15(23)22(10-11)17(14)21-18/h2-3,6-9,23H,4-5,10H2,1H3,(H2,19,20,21)/b3-2-. The third-order valence-electron chi connectivity index (χ3n) is 4.08. The molecule has 0 amide bonds. The molecule has 0 spiro atoms. The van der Waals surface area contributed by atoms with E-state index in [1.807, 2.05) is 30.4 Å². The van der Waals surface area contributed by atoms with Crippen molar-refractivity contribution in [2.75, 3.05) is 26.1 Å². The Morgan fingerprint density at radius 3 is 2.73 bits per heavy atom. The van der Waals surface area contributed by atoms with Gasteiger partial charge in [0.25, 0.3) is 0 Å². The molecule has 0 unspecified atom stereocenters. The van der Waals surface area contributed by atoms with E-state index < -0.39 is 0 Å². The molecule has 3 aromatic rings. The summed E-state index contributed by atoms with van der Waals surface area (Å²) in [7, 11) is 1.60. The van der Waals surface area contributed by atoms with Gasteiger partial charge in [-0.2, -0.15) is 9.97 Å². The molecule has 8 heteroatoms. The van der Waals surface area contributed by atoms with Gasteiger partial charge in [-0.15, -0.1) is 0 Å². The Hall–Kier alpha value is -3.42. The maximum absolute atomic E-state index is 10.4. The van der Waals surface area contributed by atoms with Crippen molar-refractivity contribution in [3.8, 4) is 23.4 Å². The second-order valence-electron chi connectivity index (χ2n) is 5.83. The molecule has 1 aromatic carbocycles. The van der Waals surface area contributed by atoms with Gasteiger partial charge in [0, 0.05) is 12.1 Å². The van der Waals surface area contributed by atoms with Crippen LogP contribution in [0.4, 0.5) is 5.82 Å². The van der Waals surface area contributed by atoms with Gasteiger partial charge in [-0.3, -0.25) is 4.57 Å². The fourth-order valence-electron chi connectivity index (χ4n) is 2.84. The van der Waals surface area contributed by atoms with E-state index >= 15 is 0 Å². The van der Waals surface area contributed by atoms with Crippen LogP contribution in [0.5, 0.6) is 23.4 Å². The SMILES string of the molecule is COc1cc2cc(c1)OC/C=C\COc1nc(N)c3cc(O)n(c3n1)C2. The van der Waals surface area contributed by atoms with E-state index in [9.17, 15) is 5.11 Å². The lowest BCUT2D eigenvalue weighted by Crippen LogP contribution is -2.06. The van der Waals surface area contributed by atoms with E-state index in [0.717, 1.165) is 5.56 Å². The third kappa shape index (κ3) is 2.97. The normalized spacial score (nSPS) is 15.1. The summed E-state index contributed by atoms with van der Waals surface area (Å²) in [6.45, 7) is 1.02. The quantitative estimate of drug-likeness (QED) is 0.645. The number of ether oxygens (including phenoxy) is 3. The first-order valence-electron chi connectivity index (χ1n) is 8.08. The average molecular weight is 354 g/mol. The van der Waals surface area contributed by atoms with Gasteiger partial charge in [0.1, 0.15) is 30.5 Å². The molecule has 4 bridgehead atoms. The number of benzene rings is 1. The molecule has 134 valence electrons. The van der Waals surface area contributed by atoms with Gasteiger partial charge in [0.15, 0.2) is 11.5 Å². The van der Waals surface area contributed by atoms with Gasteiger partial charge >= 0.3 is 6.01 Å². The Labute approximate surface area is 149 Å². The van der Waals surface area contributed by atoms with E-state index in [2.05, 4.69) is 9.97 Å². The van der Waals surface area contributed by atoms with Gasteiger partial charge in [0.2, 0.25) is 0 Å². The van der Waals surface area contributed by atoms with E-state index in [1.165, 1.54) is 0 Å². The zero-order valence-electron chi connectivity index (χ0n) is 14.2. The first-order valence-corrected chi connectivity index (χ1v) is 8.08.